The molecule has 2 rings (SSSR count). The summed E-state index contributed by atoms with van der Waals surface area (Å²) in [6.45, 7) is 1.93. The zero-order valence-electron chi connectivity index (χ0n) is 9.70. The first-order valence-electron chi connectivity index (χ1n) is 5.22. The van der Waals surface area contributed by atoms with E-state index in [0.717, 1.165) is 16.9 Å². The molecule has 0 bridgehead atoms. The van der Waals surface area contributed by atoms with Crippen LogP contribution in [-0.4, -0.2) is 17.1 Å². The largest absolute Gasteiger partial charge is 0.496 e. The second kappa shape index (κ2) is 4.77. The minimum atomic E-state index is -0.377. The highest BCUT2D eigenvalue weighted by atomic mass is 35.5. The van der Waals surface area contributed by atoms with E-state index in [1.165, 1.54) is 0 Å². The number of aromatic amines is 1. The van der Waals surface area contributed by atoms with E-state index in [4.69, 9.17) is 22.1 Å². The summed E-state index contributed by atoms with van der Waals surface area (Å²) in [7, 11) is 1.62. The number of aryl methyl sites for hydroxylation is 1. The van der Waals surface area contributed by atoms with Crippen LogP contribution in [0.3, 0.4) is 0 Å². The van der Waals surface area contributed by atoms with Gasteiger partial charge >= 0.3 is 0 Å². The number of nitrogens with two attached hydrogens (primary N) is 1. The zero-order valence-corrected chi connectivity index (χ0v) is 10.5. The topological polar surface area (TPSA) is 63.9 Å². The van der Waals surface area contributed by atoms with Gasteiger partial charge in [-0.15, -0.1) is 0 Å². The van der Waals surface area contributed by atoms with E-state index in [0.29, 0.717) is 10.8 Å². The number of nitrogens with zero attached hydrogens (tertiary/aromatic N) is 1. The number of imidazole rings is 1. The molecule has 2 aromatic rings. The van der Waals surface area contributed by atoms with Gasteiger partial charge in [-0.2, -0.15) is 0 Å². The van der Waals surface area contributed by atoms with E-state index in [1.807, 2.05) is 13.0 Å². The van der Waals surface area contributed by atoms with Crippen LogP contribution in [0.5, 0.6) is 5.75 Å². The second-order valence-corrected chi connectivity index (χ2v) is 4.23. The molecule has 1 heterocycles. The van der Waals surface area contributed by atoms with Crippen molar-refractivity contribution in [1.82, 2.24) is 9.97 Å². The highest BCUT2D eigenvalue weighted by Gasteiger charge is 2.18. The minimum Gasteiger partial charge on any atom is -0.496 e. The number of nitrogens with one attached hydrogen (secondary N) is 1. The summed E-state index contributed by atoms with van der Waals surface area (Å²) in [6, 6.07) is 3.27. The average Bonchev–Trinajstić information content (AvgIpc) is 2.80. The van der Waals surface area contributed by atoms with Crippen LogP contribution >= 0.6 is 11.6 Å². The van der Waals surface area contributed by atoms with Gasteiger partial charge in [0.05, 0.1) is 13.2 Å². The van der Waals surface area contributed by atoms with E-state index >= 15 is 0 Å². The van der Waals surface area contributed by atoms with E-state index in [9.17, 15) is 0 Å². The maximum atomic E-state index is 6.14. The number of rotatable bonds is 3. The third-order valence-electron chi connectivity index (χ3n) is 2.62. The molecule has 17 heavy (non-hydrogen) atoms. The molecular formula is C12H14ClN3O. The Labute approximate surface area is 105 Å². The monoisotopic (exact) mass is 251 g/mol. The van der Waals surface area contributed by atoms with Gasteiger partial charge in [-0.1, -0.05) is 11.6 Å². The smallest absolute Gasteiger partial charge is 0.127 e. The summed E-state index contributed by atoms with van der Waals surface area (Å²) in [5, 5.41) is 0.639. The summed E-state index contributed by atoms with van der Waals surface area (Å²) in [6.07, 6.45) is 3.40. The molecule has 0 amide bonds. The van der Waals surface area contributed by atoms with E-state index < -0.39 is 0 Å². The Bertz CT molecular complexity index is 511. The van der Waals surface area contributed by atoms with Crippen molar-refractivity contribution in [1.29, 1.82) is 0 Å². The van der Waals surface area contributed by atoms with Crippen molar-refractivity contribution < 1.29 is 4.74 Å². The molecule has 0 aliphatic heterocycles. The third-order valence-corrected chi connectivity index (χ3v) is 2.84. The van der Waals surface area contributed by atoms with Crippen molar-refractivity contribution in [2.75, 3.05) is 7.11 Å². The fourth-order valence-corrected chi connectivity index (χ4v) is 2.14. The summed E-state index contributed by atoms with van der Waals surface area (Å²) in [4.78, 5) is 7.14. The number of halogens is 1. The maximum Gasteiger partial charge on any atom is 0.127 e. The molecule has 5 heteroatoms. The van der Waals surface area contributed by atoms with Crippen LogP contribution in [0.1, 0.15) is 23.0 Å². The number of hydrogen-bond acceptors (Lipinski definition) is 3. The van der Waals surface area contributed by atoms with E-state index in [-0.39, 0.29) is 6.04 Å². The normalized spacial score (nSPS) is 12.5. The quantitative estimate of drug-likeness (QED) is 0.881. The Hall–Kier alpha value is -1.52. The lowest BCUT2D eigenvalue weighted by molar-refractivity contribution is 0.404. The van der Waals surface area contributed by atoms with Crippen molar-refractivity contribution in [2.45, 2.75) is 13.0 Å². The number of ether oxygens (including phenoxy) is 1. The molecular weight excluding hydrogens is 238 g/mol. The number of methoxy groups -OCH3 is 1. The molecule has 4 nitrogen and oxygen atoms in total. The zero-order chi connectivity index (χ0) is 12.4. The van der Waals surface area contributed by atoms with Crippen molar-refractivity contribution >= 4 is 11.6 Å². The Morgan fingerprint density at radius 1 is 1.47 bits per heavy atom. The Balaban J connectivity index is 2.50. The Kier molecular flexibility index (Phi) is 3.36. The van der Waals surface area contributed by atoms with Crippen molar-refractivity contribution in [2.24, 2.45) is 5.73 Å². The highest BCUT2D eigenvalue weighted by Crippen LogP contribution is 2.32. The molecule has 0 saturated carbocycles. The van der Waals surface area contributed by atoms with Gasteiger partial charge < -0.3 is 15.5 Å². The van der Waals surface area contributed by atoms with Crippen LogP contribution in [0.4, 0.5) is 0 Å². The molecule has 0 fully saturated rings. The molecule has 0 saturated heterocycles. The predicted molar refractivity (Wildman–Crippen MR) is 67.4 cm³/mol. The Morgan fingerprint density at radius 3 is 2.82 bits per heavy atom. The molecule has 0 radical (unpaired) electrons. The number of hydrogen-bond donors (Lipinski definition) is 2. The molecule has 0 aliphatic rings. The van der Waals surface area contributed by atoms with Gasteiger partial charge in [0, 0.05) is 23.0 Å². The molecule has 90 valence electrons. The van der Waals surface area contributed by atoms with Gasteiger partial charge in [-0.3, -0.25) is 0 Å². The summed E-state index contributed by atoms with van der Waals surface area (Å²) in [5.74, 6) is 1.43. The third kappa shape index (κ3) is 2.28. The first kappa shape index (κ1) is 12.0. The van der Waals surface area contributed by atoms with Gasteiger partial charge in [-0.25, -0.2) is 4.98 Å². The maximum absolute atomic E-state index is 6.14. The number of aromatic nitrogens is 2. The van der Waals surface area contributed by atoms with E-state index in [1.54, 1.807) is 25.6 Å². The van der Waals surface area contributed by atoms with Gasteiger partial charge in [0.2, 0.25) is 0 Å². The summed E-state index contributed by atoms with van der Waals surface area (Å²) in [5.41, 5.74) is 7.92. The Morgan fingerprint density at radius 2 is 2.24 bits per heavy atom. The standard InChI is InChI=1S/C12H14ClN3O/c1-7-5-8(13)6-9(11(7)17-2)10(14)12-15-3-4-16-12/h3-6,10H,14H2,1-2H3,(H,15,16). The predicted octanol–water partition coefficient (Wildman–Crippen LogP) is 2.43. The fraction of sp³-hybridized carbons (Fsp3) is 0.250. The van der Waals surface area contributed by atoms with Crippen LogP contribution in [-0.2, 0) is 0 Å². The SMILES string of the molecule is COc1c(C)cc(Cl)cc1C(N)c1ncc[nH]1. The first-order valence-corrected chi connectivity index (χ1v) is 5.60. The second-order valence-electron chi connectivity index (χ2n) is 3.80. The van der Waals surface area contributed by atoms with Crippen molar-refractivity contribution in [3.63, 3.8) is 0 Å². The van der Waals surface area contributed by atoms with Crippen LogP contribution < -0.4 is 10.5 Å². The molecule has 0 aliphatic carbocycles. The number of H-pyrrole nitrogens is 1. The van der Waals surface area contributed by atoms with Crippen molar-refractivity contribution in [3.8, 4) is 5.75 Å². The van der Waals surface area contributed by atoms with Gasteiger partial charge in [0.15, 0.2) is 0 Å². The first-order chi connectivity index (χ1) is 8.13. The van der Waals surface area contributed by atoms with E-state index in [2.05, 4.69) is 9.97 Å². The lowest BCUT2D eigenvalue weighted by Gasteiger charge is -2.16. The molecule has 3 N–H and O–H groups in total. The summed E-state index contributed by atoms with van der Waals surface area (Å²) >= 11 is 6.04. The van der Waals surface area contributed by atoms with Gasteiger partial charge in [0.25, 0.3) is 0 Å². The molecule has 1 aromatic carbocycles. The minimum absolute atomic E-state index is 0.377. The number of benzene rings is 1. The highest BCUT2D eigenvalue weighted by molar-refractivity contribution is 6.30. The van der Waals surface area contributed by atoms with Crippen LogP contribution in [0.15, 0.2) is 24.5 Å². The van der Waals surface area contributed by atoms with Crippen LogP contribution in [0.2, 0.25) is 5.02 Å². The fourth-order valence-electron chi connectivity index (χ4n) is 1.86. The van der Waals surface area contributed by atoms with Gasteiger partial charge in [-0.05, 0) is 24.6 Å². The molecule has 0 spiro atoms. The van der Waals surface area contributed by atoms with Crippen LogP contribution in [0, 0.1) is 6.92 Å². The van der Waals surface area contributed by atoms with Crippen LogP contribution in [0.25, 0.3) is 0 Å². The summed E-state index contributed by atoms with van der Waals surface area (Å²) < 4.78 is 5.37. The lowest BCUT2D eigenvalue weighted by Crippen LogP contribution is -2.15. The van der Waals surface area contributed by atoms with Crippen molar-refractivity contribution in [3.05, 3.63) is 46.5 Å². The average molecular weight is 252 g/mol. The molecule has 1 unspecified atom stereocenters. The molecule has 1 aromatic heterocycles. The lowest BCUT2D eigenvalue weighted by atomic mass is 10.0. The van der Waals surface area contributed by atoms with Gasteiger partial charge in [0.1, 0.15) is 11.6 Å². The molecule has 1 atom stereocenters.